The van der Waals surface area contributed by atoms with Crippen molar-refractivity contribution in [2.75, 3.05) is 6.61 Å². The largest absolute Gasteiger partial charge is 0.390 e. The molecule has 0 aromatic heterocycles. The number of aliphatic hydroxyl groups is 3. The predicted octanol–water partition coefficient (Wildman–Crippen LogP) is 3.74. The van der Waals surface area contributed by atoms with E-state index in [9.17, 15) is 15.3 Å². The number of fused-ring (bicyclic) bond motifs is 7. The summed E-state index contributed by atoms with van der Waals surface area (Å²) < 4.78 is 13.3. The molecule has 1 spiro atoms. The van der Waals surface area contributed by atoms with Gasteiger partial charge in [0.15, 0.2) is 5.79 Å². The van der Waals surface area contributed by atoms with Crippen molar-refractivity contribution < 1.29 is 24.8 Å². The van der Waals surface area contributed by atoms with Crippen LogP contribution in [0.25, 0.3) is 0 Å². The van der Waals surface area contributed by atoms with Gasteiger partial charge in [-0.05, 0) is 91.3 Å². The molecule has 4 aliphatic carbocycles. The van der Waals surface area contributed by atoms with E-state index in [0.29, 0.717) is 48.0 Å². The Morgan fingerprint density at radius 1 is 0.812 bits per heavy atom. The summed E-state index contributed by atoms with van der Waals surface area (Å²) in [6.07, 6.45) is 6.18. The molecule has 0 unspecified atom stereocenters. The summed E-state index contributed by atoms with van der Waals surface area (Å²) in [5.41, 5.74) is 0.201. The summed E-state index contributed by atoms with van der Waals surface area (Å²) in [7, 11) is 0. The van der Waals surface area contributed by atoms with Crippen molar-refractivity contribution in [2.45, 2.75) is 109 Å². The number of ether oxygens (including phenoxy) is 2. The molecule has 0 radical (unpaired) electrons. The molecular weight excluding hydrogens is 404 g/mol. The first kappa shape index (κ1) is 22.3. The Morgan fingerprint density at radius 3 is 2.31 bits per heavy atom. The predicted molar refractivity (Wildman–Crippen MR) is 121 cm³/mol. The molecule has 0 bridgehead atoms. The zero-order valence-corrected chi connectivity index (χ0v) is 20.4. The summed E-state index contributed by atoms with van der Waals surface area (Å²) in [5.74, 6) is 3.18. The average molecular weight is 449 g/mol. The first-order valence-electron chi connectivity index (χ1n) is 13.5. The first-order chi connectivity index (χ1) is 15.1. The third kappa shape index (κ3) is 2.75. The molecular formula is C27H44O5. The summed E-state index contributed by atoms with van der Waals surface area (Å²) in [6, 6.07) is 0. The van der Waals surface area contributed by atoms with E-state index in [2.05, 4.69) is 27.7 Å². The second-order valence-corrected chi connectivity index (χ2v) is 13.3. The highest BCUT2D eigenvalue weighted by molar-refractivity contribution is 5.16. The maximum absolute atomic E-state index is 10.8. The van der Waals surface area contributed by atoms with E-state index >= 15 is 0 Å². The molecule has 5 heteroatoms. The van der Waals surface area contributed by atoms with E-state index in [-0.39, 0.29) is 22.5 Å². The van der Waals surface area contributed by atoms with Gasteiger partial charge in [0.05, 0.1) is 24.9 Å². The van der Waals surface area contributed by atoms with Gasteiger partial charge < -0.3 is 24.8 Å². The molecule has 6 fully saturated rings. The fraction of sp³-hybridized carbons (Fsp3) is 1.00. The number of aliphatic hydroxyl groups excluding tert-OH is 3. The van der Waals surface area contributed by atoms with Crippen LogP contribution in [0, 0.1) is 52.3 Å². The van der Waals surface area contributed by atoms with E-state index in [1.807, 2.05) is 0 Å². The number of rotatable bonds is 0. The van der Waals surface area contributed by atoms with Gasteiger partial charge in [0.2, 0.25) is 0 Å². The molecule has 2 aliphatic heterocycles. The van der Waals surface area contributed by atoms with Crippen LogP contribution in [-0.4, -0.2) is 52.1 Å². The molecule has 3 N–H and O–H groups in total. The quantitative estimate of drug-likeness (QED) is 0.526. The second-order valence-electron chi connectivity index (χ2n) is 13.3. The molecule has 32 heavy (non-hydrogen) atoms. The summed E-state index contributed by atoms with van der Waals surface area (Å²) in [5, 5.41) is 31.7. The minimum Gasteiger partial charge on any atom is -0.390 e. The molecule has 182 valence electrons. The van der Waals surface area contributed by atoms with Gasteiger partial charge in [-0.1, -0.05) is 27.7 Å². The highest BCUT2D eigenvalue weighted by Crippen LogP contribution is 2.71. The standard InChI is InChI=1S/C27H44O5/c1-14-7-10-27(31-13-14)15(2)22-21(32-27)11-19-16-5-6-18-23(29)24(30)20(28)12-26(18,4)17(16)8-9-25(19,22)3/h14-24,28-30H,5-13H2,1-4H3/t14-,15-,16+,17-,18+,19-,20-,21-,22-,23+,24-,25-,26+,27+/m0/s1. The van der Waals surface area contributed by atoms with Crippen LogP contribution in [0.4, 0.5) is 0 Å². The normalized spacial score (nSPS) is 64.0. The zero-order chi connectivity index (χ0) is 22.6. The lowest BCUT2D eigenvalue weighted by Gasteiger charge is -2.62. The molecule has 6 aliphatic rings. The number of hydrogen-bond donors (Lipinski definition) is 3. The maximum atomic E-state index is 10.8. The van der Waals surface area contributed by atoms with Gasteiger partial charge in [0, 0.05) is 12.3 Å². The maximum Gasteiger partial charge on any atom is 0.171 e. The minimum absolute atomic E-state index is 0.0870. The lowest BCUT2D eigenvalue weighted by Crippen LogP contribution is -2.62. The van der Waals surface area contributed by atoms with Crippen LogP contribution < -0.4 is 0 Å². The molecule has 2 heterocycles. The lowest BCUT2D eigenvalue weighted by atomic mass is 9.43. The highest BCUT2D eigenvalue weighted by atomic mass is 16.7. The van der Waals surface area contributed by atoms with Crippen molar-refractivity contribution >= 4 is 0 Å². The van der Waals surface area contributed by atoms with Crippen LogP contribution in [0.5, 0.6) is 0 Å². The molecule has 0 amide bonds. The van der Waals surface area contributed by atoms with Crippen molar-refractivity contribution in [3.8, 4) is 0 Å². The van der Waals surface area contributed by atoms with E-state index in [1.165, 1.54) is 19.3 Å². The summed E-state index contributed by atoms with van der Waals surface area (Å²) >= 11 is 0. The Labute approximate surface area is 193 Å². The van der Waals surface area contributed by atoms with Gasteiger partial charge in [0.25, 0.3) is 0 Å². The van der Waals surface area contributed by atoms with Gasteiger partial charge in [-0.2, -0.15) is 0 Å². The van der Waals surface area contributed by atoms with Crippen molar-refractivity contribution in [1.82, 2.24) is 0 Å². The Bertz CT molecular complexity index is 748. The Hall–Kier alpha value is -0.200. The minimum atomic E-state index is -0.993. The summed E-state index contributed by atoms with van der Waals surface area (Å²) in [6.45, 7) is 10.3. The van der Waals surface area contributed by atoms with Gasteiger partial charge in [-0.3, -0.25) is 0 Å². The van der Waals surface area contributed by atoms with Crippen LogP contribution >= 0.6 is 0 Å². The van der Waals surface area contributed by atoms with E-state index in [0.717, 1.165) is 32.3 Å². The molecule has 14 atom stereocenters. The fourth-order valence-corrected chi connectivity index (χ4v) is 10.4. The molecule has 2 saturated heterocycles. The fourth-order valence-electron chi connectivity index (χ4n) is 10.4. The zero-order valence-electron chi connectivity index (χ0n) is 20.4. The van der Waals surface area contributed by atoms with Gasteiger partial charge in [0.1, 0.15) is 6.10 Å². The lowest BCUT2D eigenvalue weighted by molar-refractivity contribution is -0.273. The average Bonchev–Trinajstić information content (AvgIpc) is 3.19. The van der Waals surface area contributed by atoms with Gasteiger partial charge in [-0.15, -0.1) is 0 Å². The van der Waals surface area contributed by atoms with Crippen LogP contribution in [0.3, 0.4) is 0 Å². The van der Waals surface area contributed by atoms with E-state index in [1.54, 1.807) is 0 Å². The van der Waals surface area contributed by atoms with Crippen molar-refractivity contribution in [2.24, 2.45) is 52.3 Å². The smallest absolute Gasteiger partial charge is 0.171 e. The Kier molecular flexibility index (Phi) is 4.99. The molecule has 0 aromatic carbocycles. The van der Waals surface area contributed by atoms with Crippen molar-refractivity contribution in [1.29, 1.82) is 0 Å². The van der Waals surface area contributed by atoms with Crippen molar-refractivity contribution in [3.63, 3.8) is 0 Å². The second kappa shape index (κ2) is 7.16. The first-order valence-corrected chi connectivity index (χ1v) is 13.5. The molecule has 4 saturated carbocycles. The molecule has 5 nitrogen and oxygen atoms in total. The van der Waals surface area contributed by atoms with Gasteiger partial charge in [-0.25, -0.2) is 0 Å². The Morgan fingerprint density at radius 2 is 1.59 bits per heavy atom. The Balaban J connectivity index is 1.27. The summed E-state index contributed by atoms with van der Waals surface area (Å²) in [4.78, 5) is 0. The topological polar surface area (TPSA) is 79.2 Å². The van der Waals surface area contributed by atoms with Crippen LogP contribution in [0.2, 0.25) is 0 Å². The van der Waals surface area contributed by atoms with Crippen LogP contribution in [-0.2, 0) is 9.47 Å². The molecule has 6 rings (SSSR count). The SMILES string of the molecule is C[C@H]1CC[C@@]2(OC1)O[C@H]1C[C@H]3[C@@H]4CC[C@@H]5[C@@H](O)[C@@H](O)[C@@H](O)C[C@]5(C)[C@H]4CC[C@]3(C)[C@H]1[C@@H]2C. The molecule has 0 aromatic rings. The van der Waals surface area contributed by atoms with E-state index < -0.39 is 18.3 Å². The third-order valence-electron chi connectivity index (χ3n) is 12.0. The highest BCUT2D eigenvalue weighted by Gasteiger charge is 2.69. The number of hydrogen-bond acceptors (Lipinski definition) is 5. The monoisotopic (exact) mass is 448 g/mol. The van der Waals surface area contributed by atoms with Crippen LogP contribution in [0.1, 0.15) is 79.1 Å². The van der Waals surface area contributed by atoms with E-state index in [4.69, 9.17) is 9.47 Å². The third-order valence-corrected chi connectivity index (χ3v) is 12.0. The van der Waals surface area contributed by atoms with Crippen molar-refractivity contribution in [3.05, 3.63) is 0 Å². The van der Waals surface area contributed by atoms with Crippen LogP contribution in [0.15, 0.2) is 0 Å². The van der Waals surface area contributed by atoms with Gasteiger partial charge >= 0.3 is 0 Å².